The van der Waals surface area contributed by atoms with Crippen molar-refractivity contribution < 1.29 is 0 Å². The fourth-order valence-corrected chi connectivity index (χ4v) is 1.08. The zero-order chi connectivity index (χ0) is 10.9. The SMILES string of the molecule is C.C=CC.c1cncc(-c2ccncc2)c1. The Bertz CT molecular complexity index is 344. The van der Waals surface area contributed by atoms with Gasteiger partial charge in [0.15, 0.2) is 0 Å². The van der Waals surface area contributed by atoms with E-state index in [-0.39, 0.29) is 7.43 Å². The van der Waals surface area contributed by atoms with Crippen LogP contribution in [0.1, 0.15) is 14.4 Å². The number of rotatable bonds is 1. The molecule has 0 N–H and O–H groups in total. The van der Waals surface area contributed by atoms with Crippen molar-refractivity contribution in [3.8, 4) is 11.1 Å². The summed E-state index contributed by atoms with van der Waals surface area (Å²) in [7, 11) is 0. The van der Waals surface area contributed by atoms with E-state index in [1.54, 1.807) is 24.7 Å². The lowest BCUT2D eigenvalue weighted by molar-refractivity contribution is 1.30. The van der Waals surface area contributed by atoms with Crippen LogP contribution in [0, 0.1) is 0 Å². The van der Waals surface area contributed by atoms with Gasteiger partial charge in [-0.3, -0.25) is 9.97 Å². The number of aromatic nitrogens is 2. The molecule has 2 aromatic heterocycles. The molecule has 0 aliphatic rings. The molecule has 0 amide bonds. The van der Waals surface area contributed by atoms with Crippen LogP contribution in [0.4, 0.5) is 0 Å². The fraction of sp³-hybridized carbons (Fsp3) is 0.143. The summed E-state index contributed by atoms with van der Waals surface area (Å²) in [4.78, 5) is 7.99. The predicted octanol–water partition coefficient (Wildman–Crippen LogP) is 3.97. The molecule has 2 aromatic rings. The molecule has 0 spiro atoms. The first-order valence-electron chi connectivity index (χ1n) is 4.76. The summed E-state index contributed by atoms with van der Waals surface area (Å²) in [6.45, 7) is 5.25. The lowest BCUT2D eigenvalue weighted by Gasteiger charge is -1.97. The number of allylic oxidation sites excluding steroid dienone is 1. The average molecular weight is 214 g/mol. The fourth-order valence-electron chi connectivity index (χ4n) is 1.08. The highest BCUT2D eigenvalue weighted by Gasteiger charge is 1.93. The van der Waals surface area contributed by atoms with Crippen LogP contribution in [0.15, 0.2) is 61.7 Å². The number of hydrogen-bond acceptors (Lipinski definition) is 2. The van der Waals surface area contributed by atoms with Crippen molar-refractivity contribution in [2.24, 2.45) is 0 Å². The Morgan fingerprint density at radius 3 is 2.12 bits per heavy atom. The van der Waals surface area contributed by atoms with Crippen LogP contribution in [-0.4, -0.2) is 9.97 Å². The maximum atomic E-state index is 4.04. The minimum Gasteiger partial charge on any atom is -0.265 e. The number of hydrogen-bond donors (Lipinski definition) is 0. The van der Waals surface area contributed by atoms with Crippen LogP contribution >= 0.6 is 0 Å². The van der Waals surface area contributed by atoms with Gasteiger partial charge in [0.25, 0.3) is 0 Å². The zero-order valence-electron chi connectivity index (χ0n) is 8.80. The molecule has 2 heterocycles. The maximum absolute atomic E-state index is 4.04. The highest BCUT2D eigenvalue weighted by molar-refractivity contribution is 5.61. The van der Waals surface area contributed by atoms with Crippen LogP contribution in [0.2, 0.25) is 0 Å². The van der Waals surface area contributed by atoms with Crippen LogP contribution in [0.3, 0.4) is 0 Å². The van der Waals surface area contributed by atoms with Crippen molar-refractivity contribution in [3.63, 3.8) is 0 Å². The third kappa shape index (κ3) is 4.51. The first kappa shape index (κ1) is 14.0. The van der Waals surface area contributed by atoms with Crippen LogP contribution < -0.4 is 0 Å². The Kier molecular flexibility index (Phi) is 7.33. The zero-order valence-corrected chi connectivity index (χ0v) is 8.80. The summed E-state index contributed by atoms with van der Waals surface area (Å²) >= 11 is 0. The lowest BCUT2D eigenvalue weighted by atomic mass is 10.1. The quantitative estimate of drug-likeness (QED) is 0.671. The predicted molar refractivity (Wildman–Crippen MR) is 70.1 cm³/mol. The second-order valence-corrected chi connectivity index (χ2v) is 2.89. The summed E-state index contributed by atoms with van der Waals surface area (Å²) in [5.41, 5.74) is 2.28. The molecule has 0 bridgehead atoms. The Balaban J connectivity index is 0.000000511. The second-order valence-electron chi connectivity index (χ2n) is 2.89. The van der Waals surface area contributed by atoms with Crippen molar-refractivity contribution >= 4 is 0 Å². The number of pyridine rings is 2. The normalized spacial score (nSPS) is 8.06. The van der Waals surface area contributed by atoms with Crippen molar-refractivity contribution in [2.45, 2.75) is 14.4 Å². The molecule has 0 aliphatic carbocycles. The molecule has 0 aromatic carbocycles. The van der Waals surface area contributed by atoms with E-state index in [2.05, 4.69) is 16.5 Å². The van der Waals surface area contributed by atoms with E-state index in [4.69, 9.17) is 0 Å². The third-order valence-electron chi connectivity index (χ3n) is 1.68. The molecule has 0 radical (unpaired) electrons. The molecule has 16 heavy (non-hydrogen) atoms. The van der Waals surface area contributed by atoms with E-state index in [0.717, 1.165) is 11.1 Å². The largest absolute Gasteiger partial charge is 0.265 e. The van der Waals surface area contributed by atoms with Crippen molar-refractivity contribution in [2.75, 3.05) is 0 Å². The first-order chi connectivity index (χ1) is 7.38. The Morgan fingerprint density at radius 2 is 1.62 bits per heavy atom. The lowest BCUT2D eigenvalue weighted by Crippen LogP contribution is -1.78. The Hall–Kier alpha value is -1.96. The molecule has 2 heteroatoms. The van der Waals surface area contributed by atoms with E-state index in [0.29, 0.717) is 0 Å². The molecule has 0 unspecified atom stereocenters. The summed E-state index contributed by atoms with van der Waals surface area (Å²) in [5, 5.41) is 0. The molecule has 84 valence electrons. The van der Waals surface area contributed by atoms with E-state index >= 15 is 0 Å². The summed E-state index contributed by atoms with van der Waals surface area (Å²) in [5.74, 6) is 0. The minimum atomic E-state index is 0. The second kappa shape index (κ2) is 8.36. The van der Waals surface area contributed by atoms with E-state index in [1.807, 2.05) is 37.4 Å². The van der Waals surface area contributed by atoms with Gasteiger partial charge in [0.1, 0.15) is 0 Å². The Labute approximate surface area is 97.7 Å². The van der Waals surface area contributed by atoms with E-state index in [9.17, 15) is 0 Å². The van der Waals surface area contributed by atoms with E-state index in [1.165, 1.54) is 0 Å². The van der Waals surface area contributed by atoms with Gasteiger partial charge < -0.3 is 0 Å². The van der Waals surface area contributed by atoms with Crippen molar-refractivity contribution in [1.82, 2.24) is 9.97 Å². The minimum absolute atomic E-state index is 0. The molecule has 0 saturated carbocycles. The monoisotopic (exact) mass is 214 g/mol. The standard InChI is InChI=1S/C10H8N2.C3H6.CH4/c1-2-10(8-12-5-1)9-3-6-11-7-4-9;1-3-2;/h1-8H;3H,1H2,2H3;1H4. The molecule has 0 aliphatic heterocycles. The number of nitrogens with zero attached hydrogens (tertiary/aromatic N) is 2. The van der Waals surface area contributed by atoms with Gasteiger partial charge in [-0.25, -0.2) is 0 Å². The van der Waals surface area contributed by atoms with Gasteiger partial charge in [-0.05, 0) is 30.7 Å². The molecule has 0 fully saturated rings. The van der Waals surface area contributed by atoms with Crippen LogP contribution in [0.25, 0.3) is 11.1 Å². The van der Waals surface area contributed by atoms with Gasteiger partial charge in [-0.15, -0.1) is 6.58 Å². The van der Waals surface area contributed by atoms with Crippen molar-refractivity contribution in [3.05, 3.63) is 61.7 Å². The molecule has 0 atom stereocenters. The van der Waals surface area contributed by atoms with Crippen LogP contribution in [0.5, 0.6) is 0 Å². The van der Waals surface area contributed by atoms with E-state index < -0.39 is 0 Å². The topological polar surface area (TPSA) is 25.8 Å². The first-order valence-corrected chi connectivity index (χ1v) is 4.76. The van der Waals surface area contributed by atoms with Gasteiger partial charge in [-0.1, -0.05) is 19.6 Å². The summed E-state index contributed by atoms with van der Waals surface area (Å²) in [6.07, 6.45) is 8.92. The molecular weight excluding hydrogens is 196 g/mol. The van der Waals surface area contributed by atoms with Gasteiger partial charge in [0.2, 0.25) is 0 Å². The van der Waals surface area contributed by atoms with Crippen molar-refractivity contribution in [1.29, 1.82) is 0 Å². The summed E-state index contributed by atoms with van der Waals surface area (Å²) < 4.78 is 0. The van der Waals surface area contributed by atoms with Crippen LogP contribution in [-0.2, 0) is 0 Å². The summed E-state index contributed by atoms with van der Waals surface area (Å²) in [6, 6.07) is 7.89. The average Bonchev–Trinajstić information content (AvgIpc) is 2.32. The van der Waals surface area contributed by atoms with Gasteiger partial charge in [0.05, 0.1) is 0 Å². The maximum Gasteiger partial charge on any atom is 0.0346 e. The highest BCUT2D eigenvalue weighted by Crippen LogP contribution is 2.15. The smallest absolute Gasteiger partial charge is 0.0346 e. The Morgan fingerprint density at radius 1 is 1.00 bits per heavy atom. The molecule has 0 saturated heterocycles. The molecule has 2 rings (SSSR count). The highest BCUT2D eigenvalue weighted by atomic mass is 14.6. The molecular formula is C14H18N2. The third-order valence-corrected chi connectivity index (χ3v) is 1.68. The van der Waals surface area contributed by atoms with Gasteiger partial charge in [0, 0.05) is 30.4 Å². The van der Waals surface area contributed by atoms with Gasteiger partial charge in [-0.2, -0.15) is 0 Å². The molecule has 2 nitrogen and oxygen atoms in total. The van der Waals surface area contributed by atoms with Gasteiger partial charge >= 0.3 is 0 Å².